The third-order valence-electron chi connectivity index (χ3n) is 3.83. The first kappa shape index (κ1) is 20.9. The van der Waals surface area contributed by atoms with Gasteiger partial charge in [0.2, 0.25) is 0 Å². The summed E-state index contributed by atoms with van der Waals surface area (Å²) in [6.07, 6.45) is 2.69. The lowest BCUT2D eigenvalue weighted by molar-refractivity contribution is -0.0149. The van der Waals surface area contributed by atoms with Gasteiger partial charge in [-0.3, -0.25) is 4.98 Å². The molecular weight excluding hydrogens is 336 g/mol. The van der Waals surface area contributed by atoms with E-state index in [4.69, 9.17) is 9.73 Å². The fourth-order valence-electron chi connectivity index (χ4n) is 2.48. The standard InChI is InChI=1S/C22H32N4O/c1-5-23-21(25-14-12-20-11-6-7-13-24-20)26-16-18-9-8-10-19(15-18)17-27-22(2,3)4/h6-11,13,15H,5,12,14,16-17H2,1-4H3,(H2,23,25,26). The van der Waals surface area contributed by atoms with Crippen molar-refractivity contribution in [3.63, 3.8) is 0 Å². The maximum atomic E-state index is 5.86. The average molecular weight is 369 g/mol. The lowest BCUT2D eigenvalue weighted by Crippen LogP contribution is -2.38. The van der Waals surface area contributed by atoms with Crippen LogP contribution >= 0.6 is 0 Å². The van der Waals surface area contributed by atoms with Gasteiger partial charge in [0, 0.05) is 31.4 Å². The summed E-state index contributed by atoms with van der Waals surface area (Å²) in [5, 5.41) is 6.67. The number of benzene rings is 1. The molecule has 5 heteroatoms. The van der Waals surface area contributed by atoms with Crippen molar-refractivity contribution in [2.75, 3.05) is 13.1 Å². The molecule has 0 aliphatic heterocycles. The first-order valence-corrected chi connectivity index (χ1v) is 9.60. The Kier molecular flexibility index (Phi) is 8.27. The Bertz CT molecular complexity index is 708. The monoisotopic (exact) mass is 368 g/mol. The van der Waals surface area contributed by atoms with Gasteiger partial charge in [-0.15, -0.1) is 0 Å². The van der Waals surface area contributed by atoms with Crippen molar-refractivity contribution < 1.29 is 4.74 Å². The largest absolute Gasteiger partial charge is 0.371 e. The van der Waals surface area contributed by atoms with E-state index in [1.165, 1.54) is 11.1 Å². The van der Waals surface area contributed by atoms with Crippen LogP contribution in [-0.2, 0) is 24.3 Å². The Morgan fingerprint density at radius 3 is 2.59 bits per heavy atom. The molecular formula is C22H32N4O. The lowest BCUT2D eigenvalue weighted by atomic mass is 10.1. The van der Waals surface area contributed by atoms with E-state index in [1.807, 2.05) is 24.4 Å². The second-order valence-electron chi connectivity index (χ2n) is 7.41. The molecule has 0 radical (unpaired) electrons. The van der Waals surface area contributed by atoms with Gasteiger partial charge >= 0.3 is 0 Å². The number of nitrogens with one attached hydrogen (secondary N) is 2. The molecule has 0 saturated heterocycles. The molecule has 0 unspecified atom stereocenters. The highest BCUT2D eigenvalue weighted by atomic mass is 16.5. The molecule has 0 atom stereocenters. The SMILES string of the molecule is CCNC(=NCc1cccc(COC(C)(C)C)c1)NCCc1ccccn1. The highest BCUT2D eigenvalue weighted by Gasteiger charge is 2.10. The number of hydrogen-bond donors (Lipinski definition) is 2. The molecule has 2 rings (SSSR count). The Morgan fingerprint density at radius 1 is 1.07 bits per heavy atom. The van der Waals surface area contributed by atoms with Crippen molar-refractivity contribution in [1.29, 1.82) is 0 Å². The Labute approximate surface area is 163 Å². The number of ether oxygens (including phenoxy) is 1. The summed E-state index contributed by atoms with van der Waals surface area (Å²) in [4.78, 5) is 9.05. The number of rotatable bonds is 8. The van der Waals surface area contributed by atoms with E-state index >= 15 is 0 Å². The van der Waals surface area contributed by atoms with Gasteiger partial charge < -0.3 is 15.4 Å². The normalized spacial score (nSPS) is 12.1. The predicted molar refractivity (Wildman–Crippen MR) is 112 cm³/mol. The van der Waals surface area contributed by atoms with Gasteiger partial charge in [0.1, 0.15) is 0 Å². The van der Waals surface area contributed by atoms with E-state index < -0.39 is 0 Å². The number of guanidine groups is 1. The van der Waals surface area contributed by atoms with Crippen LogP contribution < -0.4 is 10.6 Å². The summed E-state index contributed by atoms with van der Waals surface area (Å²) < 4.78 is 5.86. The number of nitrogens with zero attached hydrogens (tertiary/aromatic N) is 2. The van der Waals surface area contributed by atoms with Crippen LogP contribution in [0.15, 0.2) is 53.7 Å². The second kappa shape index (κ2) is 10.7. The first-order chi connectivity index (χ1) is 13.0. The third kappa shape index (κ3) is 8.69. The molecule has 2 aromatic rings. The Hall–Kier alpha value is -2.40. The van der Waals surface area contributed by atoms with Crippen molar-refractivity contribution in [3.8, 4) is 0 Å². The fraction of sp³-hybridized carbons (Fsp3) is 0.455. The zero-order valence-corrected chi connectivity index (χ0v) is 17.0. The molecule has 5 nitrogen and oxygen atoms in total. The molecule has 0 amide bonds. The van der Waals surface area contributed by atoms with Crippen molar-refractivity contribution in [2.45, 2.75) is 52.9 Å². The molecule has 1 aromatic heterocycles. The van der Waals surface area contributed by atoms with E-state index in [1.54, 1.807) is 0 Å². The van der Waals surface area contributed by atoms with Gasteiger partial charge in [-0.05, 0) is 51.0 Å². The van der Waals surface area contributed by atoms with E-state index in [-0.39, 0.29) is 5.60 Å². The highest BCUT2D eigenvalue weighted by Crippen LogP contribution is 2.13. The van der Waals surface area contributed by atoms with Crippen molar-refractivity contribution >= 4 is 5.96 Å². The molecule has 0 saturated carbocycles. The first-order valence-electron chi connectivity index (χ1n) is 9.60. The van der Waals surface area contributed by atoms with Crippen LogP contribution in [0.3, 0.4) is 0 Å². The predicted octanol–water partition coefficient (Wildman–Crippen LogP) is 3.69. The van der Waals surface area contributed by atoms with Crippen LogP contribution in [0.25, 0.3) is 0 Å². The number of aromatic nitrogens is 1. The molecule has 0 aliphatic rings. The number of hydrogen-bond acceptors (Lipinski definition) is 3. The average Bonchev–Trinajstić information content (AvgIpc) is 2.65. The molecule has 146 valence electrons. The van der Waals surface area contributed by atoms with Gasteiger partial charge in [0.15, 0.2) is 5.96 Å². The van der Waals surface area contributed by atoms with Gasteiger partial charge in [-0.1, -0.05) is 30.3 Å². The molecule has 0 fully saturated rings. The molecule has 1 aromatic carbocycles. The van der Waals surface area contributed by atoms with E-state index in [2.05, 4.69) is 67.6 Å². The van der Waals surface area contributed by atoms with E-state index in [0.29, 0.717) is 13.2 Å². The highest BCUT2D eigenvalue weighted by molar-refractivity contribution is 5.79. The zero-order chi connectivity index (χ0) is 19.5. The van der Waals surface area contributed by atoms with Gasteiger partial charge in [-0.25, -0.2) is 4.99 Å². The topological polar surface area (TPSA) is 58.5 Å². The van der Waals surface area contributed by atoms with Crippen LogP contribution in [0.4, 0.5) is 0 Å². The molecule has 0 spiro atoms. The smallest absolute Gasteiger partial charge is 0.191 e. The number of pyridine rings is 1. The summed E-state index contributed by atoms with van der Waals surface area (Å²) in [5.41, 5.74) is 3.29. The van der Waals surface area contributed by atoms with Crippen LogP contribution in [0, 0.1) is 0 Å². The van der Waals surface area contributed by atoms with E-state index in [9.17, 15) is 0 Å². The Morgan fingerprint density at radius 2 is 1.89 bits per heavy atom. The molecule has 0 aliphatic carbocycles. The third-order valence-corrected chi connectivity index (χ3v) is 3.83. The zero-order valence-electron chi connectivity index (χ0n) is 17.0. The fourth-order valence-corrected chi connectivity index (χ4v) is 2.48. The van der Waals surface area contributed by atoms with Crippen molar-refractivity contribution in [3.05, 3.63) is 65.5 Å². The minimum absolute atomic E-state index is 0.135. The summed E-state index contributed by atoms with van der Waals surface area (Å²) >= 11 is 0. The molecule has 1 heterocycles. The van der Waals surface area contributed by atoms with Crippen LogP contribution in [0.2, 0.25) is 0 Å². The minimum Gasteiger partial charge on any atom is -0.371 e. The van der Waals surface area contributed by atoms with Gasteiger partial charge in [0.05, 0.1) is 18.8 Å². The molecule has 27 heavy (non-hydrogen) atoms. The molecule has 2 N–H and O–H groups in total. The quantitative estimate of drug-likeness (QED) is 0.551. The van der Waals surface area contributed by atoms with Crippen LogP contribution in [0.1, 0.15) is 44.5 Å². The van der Waals surface area contributed by atoms with Crippen LogP contribution in [0.5, 0.6) is 0 Å². The summed E-state index contributed by atoms with van der Waals surface area (Å²) in [6, 6.07) is 14.4. The maximum absolute atomic E-state index is 5.86. The second-order valence-corrected chi connectivity index (χ2v) is 7.41. The summed E-state index contributed by atoms with van der Waals surface area (Å²) in [7, 11) is 0. The summed E-state index contributed by atoms with van der Waals surface area (Å²) in [5.74, 6) is 0.824. The van der Waals surface area contributed by atoms with E-state index in [0.717, 1.165) is 31.2 Å². The van der Waals surface area contributed by atoms with Crippen LogP contribution in [-0.4, -0.2) is 29.6 Å². The maximum Gasteiger partial charge on any atom is 0.191 e. The minimum atomic E-state index is -0.135. The van der Waals surface area contributed by atoms with Gasteiger partial charge in [0.25, 0.3) is 0 Å². The molecule has 0 bridgehead atoms. The lowest BCUT2D eigenvalue weighted by Gasteiger charge is -2.19. The van der Waals surface area contributed by atoms with Gasteiger partial charge in [-0.2, -0.15) is 0 Å². The summed E-state index contributed by atoms with van der Waals surface area (Å²) in [6.45, 7) is 11.1. The van der Waals surface area contributed by atoms with Crippen molar-refractivity contribution in [2.24, 2.45) is 4.99 Å². The van der Waals surface area contributed by atoms with Crippen molar-refractivity contribution in [1.82, 2.24) is 15.6 Å². The Balaban J connectivity index is 1.89. The number of aliphatic imine (C=N–C) groups is 1.